The van der Waals surface area contributed by atoms with Gasteiger partial charge in [-0.25, -0.2) is 4.39 Å². The van der Waals surface area contributed by atoms with Gasteiger partial charge in [0.05, 0.1) is 0 Å². The lowest BCUT2D eigenvalue weighted by molar-refractivity contribution is -0.132. The highest BCUT2D eigenvalue weighted by molar-refractivity contribution is 6.02. The summed E-state index contributed by atoms with van der Waals surface area (Å²) >= 11 is 0. The Labute approximate surface area is 45.7 Å². The van der Waals surface area contributed by atoms with Crippen molar-refractivity contribution in [3.8, 4) is 0 Å². The molecule has 0 spiro atoms. The zero-order valence-corrected chi connectivity index (χ0v) is 4.35. The number of hydrogen-bond donors (Lipinski definition) is 1. The van der Waals surface area contributed by atoms with Gasteiger partial charge in [-0.05, 0) is 6.92 Å². The van der Waals surface area contributed by atoms with E-state index in [4.69, 9.17) is 0 Å². The summed E-state index contributed by atoms with van der Waals surface area (Å²) in [7, 11) is 0. The molecule has 1 atom stereocenters. The third kappa shape index (κ3) is 1.68. The molecule has 0 aliphatic rings. The first kappa shape index (κ1) is 7.07. The van der Waals surface area contributed by atoms with Crippen molar-refractivity contribution in [3.63, 3.8) is 0 Å². The molecule has 0 saturated heterocycles. The summed E-state index contributed by atoms with van der Waals surface area (Å²) in [6, 6.07) is 0. The summed E-state index contributed by atoms with van der Waals surface area (Å²) in [5.41, 5.74) is 4.40. The second-order valence-corrected chi connectivity index (χ2v) is 1.38. The van der Waals surface area contributed by atoms with Crippen LogP contribution in [0.2, 0.25) is 0 Å². The first-order chi connectivity index (χ1) is 3.55. The Morgan fingerprint density at radius 2 is 2.00 bits per heavy atom. The maximum absolute atomic E-state index is 11.8. The fourth-order valence-corrected chi connectivity index (χ4v) is 0.200. The minimum atomic E-state index is -2.13. The van der Waals surface area contributed by atoms with E-state index in [1.807, 2.05) is 0 Å². The molecule has 2 N–H and O–H groups in total. The van der Waals surface area contributed by atoms with Crippen LogP contribution >= 0.6 is 0 Å². The van der Waals surface area contributed by atoms with Crippen LogP contribution in [0.1, 0.15) is 6.92 Å². The van der Waals surface area contributed by atoms with Crippen molar-refractivity contribution < 1.29 is 14.0 Å². The molecule has 0 bridgehead atoms. The molecule has 46 valence electrons. The highest BCUT2D eigenvalue weighted by Crippen LogP contribution is 1.88. The van der Waals surface area contributed by atoms with Gasteiger partial charge < -0.3 is 5.73 Å². The lowest BCUT2D eigenvalue weighted by Crippen LogP contribution is -2.30. The lowest BCUT2D eigenvalue weighted by Gasteiger charge is -1.93. The summed E-state index contributed by atoms with van der Waals surface area (Å²) in [6.45, 7) is 0.968. The molecule has 8 heavy (non-hydrogen) atoms. The number of amides is 1. The smallest absolute Gasteiger partial charge is 0.259 e. The van der Waals surface area contributed by atoms with Crippen LogP contribution in [-0.2, 0) is 9.59 Å². The minimum absolute atomic E-state index is 0.850. The summed E-state index contributed by atoms with van der Waals surface area (Å²) in [5.74, 6) is -2.07. The first-order valence-corrected chi connectivity index (χ1v) is 1.99. The average molecular weight is 119 g/mol. The third-order valence-corrected chi connectivity index (χ3v) is 0.607. The van der Waals surface area contributed by atoms with E-state index in [0.29, 0.717) is 0 Å². The number of rotatable bonds is 2. The van der Waals surface area contributed by atoms with Crippen LogP contribution in [0.25, 0.3) is 0 Å². The Morgan fingerprint density at radius 3 is 2.00 bits per heavy atom. The van der Waals surface area contributed by atoms with Gasteiger partial charge in [-0.15, -0.1) is 0 Å². The molecule has 0 aromatic heterocycles. The van der Waals surface area contributed by atoms with Crippen LogP contribution in [0.5, 0.6) is 0 Å². The van der Waals surface area contributed by atoms with Crippen LogP contribution in [0, 0.1) is 0 Å². The lowest BCUT2D eigenvalue weighted by atomic mass is 10.3. The molecule has 3 nitrogen and oxygen atoms in total. The van der Waals surface area contributed by atoms with E-state index < -0.39 is 17.9 Å². The number of ketones is 1. The van der Waals surface area contributed by atoms with Crippen molar-refractivity contribution in [1.82, 2.24) is 0 Å². The molecule has 0 aliphatic heterocycles. The molecule has 4 heteroatoms. The van der Waals surface area contributed by atoms with Crippen molar-refractivity contribution in [1.29, 1.82) is 0 Å². The quantitative estimate of drug-likeness (QED) is 0.493. The van der Waals surface area contributed by atoms with Gasteiger partial charge in [0.1, 0.15) is 0 Å². The van der Waals surface area contributed by atoms with Crippen molar-refractivity contribution >= 4 is 11.7 Å². The Bertz CT molecular complexity index is 109. The van der Waals surface area contributed by atoms with Gasteiger partial charge in [0.25, 0.3) is 5.91 Å². The Morgan fingerprint density at radius 1 is 1.62 bits per heavy atom. The molecule has 0 rings (SSSR count). The number of halogens is 1. The standard InChI is InChI=1S/C4H6FNO2/c1-2(7)3(5)4(6)8/h3H,1H3,(H2,6,8). The van der Waals surface area contributed by atoms with Gasteiger partial charge in [0, 0.05) is 0 Å². The van der Waals surface area contributed by atoms with Gasteiger partial charge in [-0.2, -0.15) is 0 Å². The van der Waals surface area contributed by atoms with Crippen molar-refractivity contribution in [3.05, 3.63) is 0 Å². The van der Waals surface area contributed by atoms with E-state index in [2.05, 4.69) is 5.73 Å². The molecule has 1 unspecified atom stereocenters. The maximum Gasteiger partial charge on any atom is 0.259 e. The molecule has 1 amide bonds. The molecule has 0 heterocycles. The van der Waals surface area contributed by atoms with E-state index in [9.17, 15) is 14.0 Å². The van der Waals surface area contributed by atoms with Crippen LogP contribution in [0.4, 0.5) is 4.39 Å². The minimum Gasteiger partial charge on any atom is -0.367 e. The topological polar surface area (TPSA) is 60.2 Å². The van der Waals surface area contributed by atoms with Gasteiger partial charge in [0.15, 0.2) is 5.78 Å². The summed E-state index contributed by atoms with van der Waals surface area (Å²) in [5, 5.41) is 0. The largest absolute Gasteiger partial charge is 0.367 e. The number of Topliss-reactive ketones (excluding diaryl/α,β-unsaturated/α-hetero) is 1. The SMILES string of the molecule is CC(=O)C(F)C(N)=O. The van der Waals surface area contributed by atoms with Crippen molar-refractivity contribution in [2.24, 2.45) is 5.73 Å². The van der Waals surface area contributed by atoms with Crippen LogP contribution < -0.4 is 5.73 Å². The number of alkyl halides is 1. The molecule has 0 fully saturated rings. The molecular formula is C4H6FNO2. The predicted octanol–water partition coefficient (Wildman–Crippen LogP) is -0.601. The molecule has 0 saturated carbocycles. The van der Waals surface area contributed by atoms with E-state index in [1.54, 1.807) is 0 Å². The Kier molecular flexibility index (Phi) is 2.12. The van der Waals surface area contributed by atoms with Crippen molar-refractivity contribution in [2.75, 3.05) is 0 Å². The fourth-order valence-electron chi connectivity index (χ4n) is 0.200. The third-order valence-electron chi connectivity index (χ3n) is 0.607. The molecule has 0 radical (unpaired) electrons. The first-order valence-electron chi connectivity index (χ1n) is 1.99. The van der Waals surface area contributed by atoms with E-state index in [-0.39, 0.29) is 0 Å². The summed E-state index contributed by atoms with van der Waals surface area (Å²) in [4.78, 5) is 19.7. The van der Waals surface area contributed by atoms with Crippen LogP contribution in [0.15, 0.2) is 0 Å². The summed E-state index contributed by atoms with van der Waals surface area (Å²) < 4.78 is 11.8. The fraction of sp³-hybridized carbons (Fsp3) is 0.500. The highest BCUT2D eigenvalue weighted by atomic mass is 19.1. The number of carbonyl (C=O) groups excluding carboxylic acids is 2. The number of nitrogens with two attached hydrogens (primary N) is 1. The monoisotopic (exact) mass is 119 g/mol. The zero-order valence-electron chi connectivity index (χ0n) is 4.35. The zero-order chi connectivity index (χ0) is 6.73. The predicted molar refractivity (Wildman–Crippen MR) is 24.8 cm³/mol. The van der Waals surface area contributed by atoms with Crippen molar-refractivity contribution in [2.45, 2.75) is 13.1 Å². The van der Waals surface area contributed by atoms with Gasteiger partial charge in [-0.3, -0.25) is 9.59 Å². The van der Waals surface area contributed by atoms with Gasteiger partial charge in [-0.1, -0.05) is 0 Å². The van der Waals surface area contributed by atoms with E-state index in [1.165, 1.54) is 0 Å². The normalized spacial score (nSPS) is 12.8. The number of primary amides is 1. The molecule has 0 aromatic rings. The van der Waals surface area contributed by atoms with E-state index in [0.717, 1.165) is 6.92 Å². The molecular weight excluding hydrogens is 113 g/mol. The average Bonchev–Trinajstić information content (AvgIpc) is 1.64. The number of carbonyl (C=O) groups is 2. The summed E-state index contributed by atoms with van der Waals surface area (Å²) in [6.07, 6.45) is -2.13. The number of hydrogen-bond acceptors (Lipinski definition) is 2. The van der Waals surface area contributed by atoms with Gasteiger partial charge >= 0.3 is 0 Å². The second kappa shape index (κ2) is 2.40. The second-order valence-electron chi connectivity index (χ2n) is 1.38. The van der Waals surface area contributed by atoms with Gasteiger partial charge in [0.2, 0.25) is 6.17 Å². The Hall–Kier alpha value is -0.930. The van der Waals surface area contributed by atoms with Crippen LogP contribution in [0.3, 0.4) is 0 Å². The Balaban J connectivity index is 3.83. The van der Waals surface area contributed by atoms with Crippen LogP contribution in [-0.4, -0.2) is 17.9 Å². The maximum atomic E-state index is 11.8. The highest BCUT2D eigenvalue weighted by Gasteiger charge is 2.17. The molecule has 0 aliphatic carbocycles. The van der Waals surface area contributed by atoms with E-state index >= 15 is 0 Å². The molecule has 0 aromatic carbocycles.